The van der Waals surface area contributed by atoms with Crippen LogP contribution in [0, 0.1) is 0 Å². The highest BCUT2D eigenvalue weighted by Gasteiger charge is 2.23. The number of nitrogens with one attached hydrogen (secondary N) is 1. The fourth-order valence-corrected chi connectivity index (χ4v) is 3.25. The first kappa shape index (κ1) is 14.6. The molecule has 0 bridgehead atoms. The van der Waals surface area contributed by atoms with Crippen LogP contribution in [0.5, 0.6) is 0 Å². The molecule has 0 radical (unpaired) electrons. The van der Waals surface area contributed by atoms with E-state index < -0.39 is 0 Å². The molecule has 0 spiro atoms. The Morgan fingerprint density at radius 2 is 2.23 bits per heavy atom. The highest BCUT2D eigenvalue weighted by Crippen LogP contribution is 2.30. The molecule has 7 heteroatoms. The number of hydrogen-bond acceptors (Lipinski definition) is 5. The number of carbonyl (C=O) groups is 2. The molecular formula is C15H16N4O2S. The Balaban J connectivity index is 1.80. The van der Waals surface area contributed by atoms with Gasteiger partial charge in [0.05, 0.1) is 5.69 Å². The average molecular weight is 316 g/mol. The minimum atomic E-state index is -0.187. The number of carbonyl (C=O) groups excluding carboxylic acids is 2. The summed E-state index contributed by atoms with van der Waals surface area (Å²) in [5.41, 5.74) is 3.45. The van der Waals surface area contributed by atoms with Crippen molar-refractivity contribution in [3.05, 3.63) is 34.3 Å². The summed E-state index contributed by atoms with van der Waals surface area (Å²) in [7, 11) is 0. The zero-order valence-corrected chi connectivity index (χ0v) is 13.2. The molecule has 0 saturated carbocycles. The minimum Gasteiger partial charge on any atom is -0.321 e. The fraction of sp³-hybridized carbons (Fsp3) is 0.333. The van der Waals surface area contributed by atoms with E-state index in [0.717, 1.165) is 34.9 Å². The van der Waals surface area contributed by atoms with Gasteiger partial charge >= 0.3 is 0 Å². The van der Waals surface area contributed by atoms with Gasteiger partial charge in [-0.25, -0.2) is 0 Å². The van der Waals surface area contributed by atoms with Crippen molar-refractivity contribution in [1.82, 2.24) is 9.59 Å². The molecular weight excluding hydrogens is 300 g/mol. The van der Waals surface area contributed by atoms with Crippen LogP contribution >= 0.6 is 11.5 Å². The quantitative estimate of drug-likeness (QED) is 0.942. The van der Waals surface area contributed by atoms with E-state index in [9.17, 15) is 9.59 Å². The summed E-state index contributed by atoms with van der Waals surface area (Å²) in [4.78, 5) is 26.1. The van der Waals surface area contributed by atoms with Crippen molar-refractivity contribution in [2.75, 3.05) is 16.8 Å². The Kier molecular flexibility index (Phi) is 3.89. The normalized spacial score (nSPS) is 13.1. The third kappa shape index (κ3) is 2.59. The number of rotatable bonds is 3. The van der Waals surface area contributed by atoms with Crippen molar-refractivity contribution in [1.29, 1.82) is 0 Å². The maximum atomic E-state index is 12.3. The molecule has 0 aliphatic carbocycles. The molecule has 2 aromatic rings. The smallest absolute Gasteiger partial charge is 0.269 e. The van der Waals surface area contributed by atoms with Gasteiger partial charge in [-0.15, -0.1) is 5.10 Å². The largest absolute Gasteiger partial charge is 0.321 e. The van der Waals surface area contributed by atoms with Crippen LogP contribution in [0.3, 0.4) is 0 Å². The summed E-state index contributed by atoms with van der Waals surface area (Å²) in [5, 5.41) is 6.83. The summed E-state index contributed by atoms with van der Waals surface area (Å²) in [6.45, 7) is 4.20. The van der Waals surface area contributed by atoms with E-state index in [0.29, 0.717) is 23.5 Å². The lowest BCUT2D eigenvalue weighted by molar-refractivity contribution is -0.116. The van der Waals surface area contributed by atoms with Crippen molar-refractivity contribution >= 4 is 34.7 Å². The van der Waals surface area contributed by atoms with Crippen LogP contribution < -0.4 is 10.2 Å². The first-order chi connectivity index (χ1) is 10.6. The van der Waals surface area contributed by atoms with Gasteiger partial charge < -0.3 is 10.2 Å². The maximum Gasteiger partial charge on any atom is 0.269 e. The summed E-state index contributed by atoms with van der Waals surface area (Å²) in [6, 6.07) is 5.62. The molecule has 2 heterocycles. The number of anilines is 2. The second-order valence-corrected chi connectivity index (χ2v) is 5.87. The number of fused-ring (bicyclic) bond motifs is 1. The highest BCUT2D eigenvalue weighted by molar-refractivity contribution is 7.08. The predicted octanol–water partition coefficient (Wildman–Crippen LogP) is 2.26. The van der Waals surface area contributed by atoms with Crippen LogP contribution in [0.25, 0.3) is 0 Å². The molecule has 3 rings (SSSR count). The van der Waals surface area contributed by atoms with Gasteiger partial charge in [0.15, 0.2) is 0 Å². The first-order valence-electron chi connectivity index (χ1n) is 7.13. The molecule has 1 N–H and O–H groups in total. The average Bonchev–Trinajstić information content (AvgIpc) is 3.13. The number of benzene rings is 1. The summed E-state index contributed by atoms with van der Waals surface area (Å²) >= 11 is 1.11. The van der Waals surface area contributed by atoms with Gasteiger partial charge in [0, 0.05) is 24.8 Å². The number of amides is 2. The number of hydrogen-bond donors (Lipinski definition) is 1. The van der Waals surface area contributed by atoms with E-state index in [-0.39, 0.29) is 11.8 Å². The molecule has 1 aliphatic heterocycles. The second kappa shape index (κ2) is 5.84. The van der Waals surface area contributed by atoms with Gasteiger partial charge in [0.2, 0.25) is 5.91 Å². The van der Waals surface area contributed by atoms with E-state index in [1.165, 1.54) is 0 Å². The lowest BCUT2D eigenvalue weighted by atomic mass is 10.1. The molecule has 6 nitrogen and oxygen atoms in total. The maximum absolute atomic E-state index is 12.3. The zero-order valence-electron chi connectivity index (χ0n) is 12.4. The van der Waals surface area contributed by atoms with Gasteiger partial charge in [0.1, 0.15) is 4.88 Å². The third-order valence-corrected chi connectivity index (χ3v) is 4.48. The molecule has 114 valence electrons. The van der Waals surface area contributed by atoms with Crippen molar-refractivity contribution in [2.24, 2.45) is 0 Å². The highest BCUT2D eigenvalue weighted by atomic mass is 32.1. The summed E-state index contributed by atoms with van der Waals surface area (Å²) in [6.07, 6.45) is 1.48. The van der Waals surface area contributed by atoms with Crippen LogP contribution in [0.4, 0.5) is 11.4 Å². The molecule has 2 amide bonds. The molecule has 0 atom stereocenters. The van der Waals surface area contributed by atoms with Crippen LogP contribution in [-0.2, 0) is 17.6 Å². The first-order valence-corrected chi connectivity index (χ1v) is 7.91. The van der Waals surface area contributed by atoms with Crippen molar-refractivity contribution in [3.8, 4) is 0 Å². The van der Waals surface area contributed by atoms with E-state index >= 15 is 0 Å². The third-order valence-electron chi connectivity index (χ3n) is 3.71. The molecule has 1 aliphatic rings. The lowest BCUT2D eigenvalue weighted by Gasteiger charge is -2.15. The lowest BCUT2D eigenvalue weighted by Crippen LogP contribution is -2.25. The Hall–Kier alpha value is -2.28. The van der Waals surface area contributed by atoms with Crippen LogP contribution in [0.15, 0.2) is 18.2 Å². The Morgan fingerprint density at radius 3 is 2.95 bits per heavy atom. The number of aryl methyl sites for hydroxylation is 1. The topological polar surface area (TPSA) is 75.2 Å². The van der Waals surface area contributed by atoms with Crippen LogP contribution in [0.1, 0.15) is 34.8 Å². The van der Waals surface area contributed by atoms with Gasteiger partial charge in [-0.2, -0.15) is 0 Å². The number of nitrogens with zero attached hydrogens (tertiary/aromatic N) is 3. The van der Waals surface area contributed by atoms with E-state index in [1.807, 2.05) is 25.1 Å². The zero-order chi connectivity index (χ0) is 15.7. The van der Waals surface area contributed by atoms with Crippen LogP contribution in [-0.4, -0.2) is 27.9 Å². The van der Waals surface area contributed by atoms with E-state index in [4.69, 9.17) is 0 Å². The van der Waals surface area contributed by atoms with Gasteiger partial charge in [-0.1, -0.05) is 11.4 Å². The van der Waals surface area contributed by atoms with Gasteiger partial charge in [0.25, 0.3) is 5.91 Å². The second-order valence-electron chi connectivity index (χ2n) is 5.12. The molecule has 0 fully saturated rings. The Bertz CT molecular complexity index is 741. The van der Waals surface area contributed by atoms with Gasteiger partial charge in [-0.3, -0.25) is 9.59 Å². The van der Waals surface area contributed by atoms with Crippen molar-refractivity contribution in [2.45, 2.75) is 26.7 Å². The Morgan fingerprint density at radius 1 is 1.41 bits per heavy atom. The Labute approximate surface area is 132 Å². The van der Waals surface area contributed by atoms with Crippen molar-refractivity contribution < 1.29 is 9.59 Å². The van der Waals surface area contributed by atoms with Crippen LogP contribution in [0.2, 0.25) is 0 Å². The predicted molar refractivity (Wildman–Crippen MR) is 85.4 cm³/mol. The van der Waals surface area contributed by atoms with E-state index in [1.54, 1.807) is 11.8 Å². The minimum absolute atomic E-state index is 0.0406. The standard InChI is InChI=1S/C15H16N4O2S/c1-3-12-14(22-18-17-12)15(21)16-11-4-5-13-10(8-11)6-7-19(13)9(2)20/h4-5,8H,3,6-7H2,1-2H3,(H,16,21). The molecule has 22 heavy (non-hydrogen) atoms. The van der Waals surface area contributed by atoms with Gasteiger partial charge in [-0.05, 0) is 48.1 Å². The molecule has 1 aromatic carbocycles. The molecule has 1 aromatic heterocycles. The summed E-state index contributed by atoms with van der Waals surface area (Å²) in [5.74, 6) is -0.146. The molecule has 0 unspecified atom stereocenters. The fourth-order valence-electron chi connectivity index (χ4n) is 2.61. The monoisotopic (exact) mass is 316 g/mol. The summed E-state index contributed by atoms with van der Waals surface area (Å²) < 4.78 is 3.83. The molecule has 0 saturated heterocycles. The van der Waals surface area contributed by atoms with E-state index in [2.05, 4.69) is 14.9 Å². The number of aromatic nitrogens is 2. The van der Waals surface area contributed by atoms with Crippen molar-refractivity contribution in [3.63, 3.8) is 0 Å². The SMILES string of the molecule is CCc1nnsc1C(=O)Nc1ccc2c(c1)CCN2C(C)=O.